The fourth-order valence-corrected chi connectivity index (χ4v) is 5.67. The minimum absolute atomic E-state index is 0.179. The maximum atomic E-state index is 11.4. The van der Waals surface area contributed by atoms with Gasteiger partial charge in [0.05, 0.1) is 5.56 Å². The maximum absolute atomic E-state index is 11.4. The molecule has 9 heteroatoms. The quantitative estimate of drug-likeness (QED) is 0.184. The molecule has 2 heterocycles. The topological polar surface area (TPSA) is 115 Å². The van der Waals surface area contributed by atoms with Crippen molar-refractivity contribution in [3.8, 4) is 20.9 Å². The van der Waals surface area contributed by atoms with Gasteiger partial charge in [0.2, 0.25) is 0 Å². The molecule has 5 aromatic rings. The molecule has 0 aliphatic rings. The van der Waals surface area contributed by atoms with Gasteiger partial charge in [0.1, 0.15) is 9.75 Å². The summed E-state index contributed by atoms with van der Waals surface area (Å²) in [6.45, 7) is 0. The van der Waals surface area contributed by atoms with E-state index >= 15 is 0 Å². The molecule has 0 bridgehead atoms. The van der Waals surface area contributed by atoms with E-state index in [1.54, 1.807) is 48.5 Å². The lowest BCUT2D eigenvalue weighted by molar-refractivity contribution is 0.0687. The van der Waals surface area contributed by atoms with Gasteiger partial charge in [0, 0.05) is 26.8 Å². The van der Waals surface area contributed by atoms with Gasteiger partial charge in [-0.2, -0.15) is 0 Å². The fraction of sp³-hybridized carbons (Fsp3) is 0. The van der Waals surface area contributed by atoms with E-state index in [0.29, 0.717) is 0 Å². The maximum Gasteiger partial charge on any atom is 0.345 e. The van der Waals surface area contributed by atoms with Gasteiger partial charge < -0.3 is 20.2 Å². The smallest absolute Gasteiger partial charge is 0.345 e. The molecular weight excluding hydrogens is 522 g/mol. The minimum atomic E-state index is -1.01. The molecule has 5 rings (SSSR count). The van der Waals surface area contributed by atoms with Crippen molar-refractivity contribution in [1.29, 1.82) is 0 Å². The van der Waals surface area contributed by atoms with Gasteiger partial charge in [-0.3, -0.25) is 0 Å². The van der Waals surface area contributed by atoms with Crippen LogP contribution in [0.2, 0.25) is 0 Å². The molecule has 0 aliphatic carbocycles. The molecule has 188 valence electrons. The number of hydrogen-bond acceptors (Lipinski definition) is 6. The monoisotopic (exact) mass is 541 g/mol. The molecule has 0 aliphatic heterocycles. The van der Waals surface area contributed by atoms with Gasteiger partial charge >= 0.3 is 17.9 Å². The summed E-state index contributed by atoms with van der Waals surface area (Å²) >= 11 is 2.41. The third kappa shape index (κ3) is 5.06. The summed E-state index contributed by atoms with van der Waals surface area (Å²) in [5, 5.41) is 27.8. The Morgan fingerprint density at radius 3 is 1.16 bits per heavy atom. The van der Waals surface area contributed by atoms with Crippen LogP contribution in [-0.2, 0) is 0 Å². The molecule has 0 radical (unpaired) electrons. The van der Waals surface area contributed by atoms with E-state index in [0.717, 1.165) is 37.9 Å². The average molecular weight is 542 g/mol. The summed E-state index contributed by atoms with van der Waals surface area (Å²) in [6, 6.07) is 28.7. The highest BCUT2D eigenvalue weighted by molar-refractivity contribution is 7.17. The van der Waals surface area contributed by atoms with Gasteiger partial charge in [-0.05, 0) is 83.9 Å². The van der Waals surface area contributed by atoms with Gasteiger partial charge in [0.15, 0.2) is 0 Å². The highest BCUT2D eigenvalue weighted by Crippen LogP contribution is 2.38. The van der Waals surface area contributed by atoms with Crippen molar-refractivity contribution in [3.05, 3.63) is 112 Å². The Kier molecular flexibility index (Phi) is 6.78. The van der Waals surface area contributed by atoms with Crippen molar-refractivity contribution < 1.29 is 29.7 Å². The first-order valence-corrected chi connectivity index (χ1v) is 12.9. The van der Waals surface area contributed by atoms with Crippen LogP contribution in [0.4, 0.5) is 17.1 Å². The van der Waals surface area contributed by atoms with Crippen molar-refractivity contribution in [2.75, 3.05) is 4.90 Å². The van der Waals surface area contributed by atoms with Crippen LogP contribution in [0, 0.1) is 0 Å². The molecule has 7 nitrogen and oxygen atoms in total. The van der Waals surface area contributed by atoms with E-state index in [1.807, 2.05) is 53.4 Å². The molecule has 0 spiro atoms. The zero-order valence-corrected chi connectivity index (χ0v) is 21.2. The second kappa shape index (κ2) is 10.3. The molecular formula is C29H19NO6S2. The summed E-state index contributed by atoms with van der Waals surface area (Å²) in [7, 11) is 0. The first kappa shape index (κ1) is 24.9. The lowest BCUT2D eigenvalue weighted by atomic mass is 10.1. The van der Waals surface area contributed by atoms with Crippen LogP contribution in [0.25, 0.3) is 20.9 Å². The van der Waals surface area contributed by atoms with Crippen LogP contribution in [0.1, 0.15) is 29.7 Å². The minimum Gasteiger partial charge on any atom is -0.478 e. The largest absolute Gasteiger partial charge is 0.478 e. The zero-order valence-electron chi connectivity index (χ0n) is 19.6. The SMILES string of the molecule is O=C(O)c1ccc(N(c2ccc(-c3ccc(C(=O)O)s3)cc2)c2ccc(-c3ccc(C(=O)O)s3)cc2)cc1. The first-order chi connectivity index (χ1) is 18.3. The lowest BCUT2D eigenvalue weighted by Crippen LogP contribution is -2.10. The third-order valence-electron chi connectivity index (χ3n) is 5.83. The fourth-order valence-electron chi connectivity index (χ4n) is 3.97. The normalized spacial score (nSPS) is 10.7. The molecule has 0 atom stereocenters. The number of aromatic carboxylic acids is 3. The molecule has 0 saturated heterocycles. The highest BCUT2D eigenvalue weighted by atomic mass is 32.1. The van der Waals surface area contributed by atoms with Gasteiger partial charge in [0.25, 0.3) is 0 Å². The number of carboxylic acid groups (broad SMARTS) is 3. The van der Waals surface area contributed by atoms with Gasteiger partial charge in [-0.25, -0.2) is 14.4 Å². The summed E-state index contributed by atoms with van der Waals surface area (Å²) in [6.07, 6.45) is 0. The molecule has 38 heavy (non-hydrogen) atoms. The van der Waals surface area contributed by atoms with Crippen molar-refractivity contribution in [3.63, 3.8) is 0 Å². The molecule has 0 fully saturated rings. The molecule has 3 aromatic carbocycles. The predicted molar refractivity (Wildman–Crippen MR) is 149 cm³/mol. The van der Waals surface area contributed by atoms with Gasteiger partial charge in [-0.1, -0.05) is 24.3 Å². The predicted octanol–water partition coefficient (Wildman–Crippen LogP) is 7.71. The summed E-state index contributed by atoms with van der Waals surface area (Å²) in [5.41, 5.74) is 4.35. The zero-order chi connectivity index (χ0) is 26.8. The highest BCUT2D eigenvalue weighted by Gasteiger charge is 2.16. The van der Waals surface area contributed by atoms with Crippen LogP contribution < -0.4 is 4.90 Å². The molecule has 3 N–H and O–H groups in total. The Morgan fingerprint density at radius 2 is 0.842 bits per heavy atom. The number of hydrogen-bond donors (Lipinski definition) is 3. The van der Waals surface area contributed by atoms with E-state index in [2.05, 4.69) is 0 Å². The second-order valence-corrected chi connectivity index (χ2v) is 10.4. The lowest BCUT2D eigenvalue weighted by Gasteiger charge is -2.26. The van der Waals surface area contributed by atoms with Crippen LogP contribution in [0.5, 0.6) is 0 Å². The Morgan fingerprint density at radius 1 is 0.474 bits per heavy atom. The number of carbonyl (C=O) groups is 3. The Hall–Kier alpha value is -4.73. The number of thiophene rings is 2. The number of benzene rings is 3. The number of rotatable bonds is 8. The van der Waals surface area contributed by atoms with Crippen LogP contribution in [0.15, 0.2) is 97.1 Å². The van der Waals surface area contributed by atoms with Crippen molar-refractivity contribution in [1.82, 2.24) is 0 Å². The third-order valence-corrected chi connectivity index (χ3v) is 8.07. The number of anilines is 3. The van der Waals surface area contributed by atoms with Crippen molar-refractivity contribution in [2.45, 2.75) is 0 Å². The molecule has 0 amide bonds. The molecule has 0 saturated carbocycles. The van der Waals surface area contributed by atoms with Crippen LogP contribution in [-0.4, -0.2) is 33.2 Å². The van der Waals surface area contributed by atoms with Crippen LogP contribution in [0.3, 0.4) is 0 Å². The number of nitrogens with zero attached hydrogens (tertiary/aromatic N) is 1. The average Bonchev–Trinajstić information content (AvgIpc) is 3.61. The van der Waals surface area contributed by atoms with Crippen molar-refractivity contribution >= 4 is 57.6 Å². The Bertz CT molecular complexity index is 1540. The van der Waals surface area contributed by atoms with E-state index in [-0.39, 0.29) is 15.3 Å². The molecule has 2 aromatic heterocycles. The second-order valence-electron chi connectivity index (χ2n) is 8.22. The van der Waals surface area contributed by atoms with Crippen molar-refractivity contribution in [2.24, 2.45) is 0 Å². The summed E-state index contributed by atoms with van der Waals surface area (Å²) < 4.78 is 0. The van der Waals surface area contributed by atoms with Crippen LogP contribution >= 0.6 is 22.7 Å². The summed E-state index contributed by atoms with van der Waals surface area (Å²) in [4.78, 5) is 38.1. The standard InChI is InChI=1S/C29H19NO6S2/c31-27(32)19-5-11-22(12-6-19)30(20-7-1-17(2-8-20)23-13-15-25(37-23)28(33)34)21-9-3-18(4-10-21)24-14-16-26(38-24)29(35)36/h1-16H,(H,31,32)(H,33,34)(H,35,36). The Balaban J connectivity index is 1.51. The van der Waals surface area contributed by atoms with Gasteiger partial charge in [-0.15, -0.1) is 22.7 Å². The first-order valence-electron chi connectivity index (χ1n) is 11.3. The van der Waals surface area contributed by atoms with E-state index in [4.69, 9.17) is 0 Å². The summed E-state index contributed by atoms with van der Waals surface area (Å²) in [5.74, 6) is -2.93. The number of carboxylic acids is 3. The Labute approximate surface area is 225 Å². The van der Waals surface area contributed by atoms with E-state index in [1.165, 1.54) is 22.7 Å². The van der Waals surface area contributed by atoms with E-state index < -0.39 is 17.9 Å². The van der Waals surface area contributed by atoms with E-state index in [9.17, 15) is 29.7 Å². The molecule has 0 unspecified atom stereocenters.